The maximum Gasteiger partial charge on any atom is 0.273 e. The number of nitrogen functional groups attached to an aromatic ring is 1. The van der Waals surface area contributed by atoms with Gasteiger partial charge in [-0.2, -0.15) is 0 Å². The van der Waals surface area contributed by atoms with Crippen LogP contribution in [0.15, 0.2) is 53.9 Å². The molecule has 0 aliphatic heterocycles. The van der Waals surface area contributed by atoms with Crippen molar-refractivity contribution >= 4 is 33.8 Å². The molecule has 0 bridgehead atoms. The molecule has 0 saturated carbocycles. The van der Waals surface area contributed by atoms with Crippen LogP contribution in [0.3, 0.4) is 0 Å². The Hall–Kier alpha value is -3.26. The fraction of sp³-hybridized carbons (Fsp3) is 0.0588. The van der Waals surface area contributed by atoms with E-state index < -0.39 is 4.92 Å². The smallest absolute Gasteiger partial charge is 0.273 e. The lowest BCUT2D eigenvalue weighted by atomic mass is 10.1. The van der Waals surface area contributed by atoms with Gasteiger partial charge in [0.15, 0.2) is 5.13 Å². The summed E-state index contributed by atoms with van der Waals surface area (Å²) < 4.78 is 0. The van der Waals surface area contributed by atoms with Gasteiger partial charge in [-0.05, 0) is 12.1 Å². The molecule has 1 aromatic heterocycles. The van der Waals surface area contributed by atoms with E-state index in [0.717, 1.165) is 11.3 Å². The third kappa shape index (κ3) is 3.99. The number of amides is 1. The monoisotopic (exact) mass is 354 g/mol. The average molecular weight is 354 g/mol. The Morgan fingerprint density at radius 2 is 2.04 bits per heavy atom. The minimum absolute atomic E-state index is 0.0654. The molecule has 0 saturated heterocycles. The Bertz CT molecular complexity index is 939. The fourth-order valence-electron chi connectivity index (χ4n) is 2.39. The Labute approximate surface area is 147 Å². The number of nitrogens with two attached hydrogens (primary N) is 1. The van der Waals surface area contributed by atoms with Crippen LogP contribution < -0.4 is 11.1 Å². The number of nitro benzene ring substituents is 1. The van der Waals surface area contributed by atoms with Crippen molar-refractivity contribution in [3.63, 3.8) is 0 Å². The van der Waals surface area contributed by atoms with E-state index in [0.29, 0.717) is 16.4 Å². The number of nitrogens with one attached hydrogen (secondary N) is 1. The normalized spacial score (nSPS) is 10.4. The lowest BCUT2D eigenvalue weighted by molar-refractivity contribution is -0.385. The zero-order chi connectivity index (χ0) is 17.8. The van der Waals surface area contributed by atoms with Crippen molar-refractivity contribution in [1.29, 1.82) is 0 Å². The molecule has 0 radical (unpaired) electrons. The van der Waals surface area contributed by atoms with E-state index in [4.69, 9.17) is 5.73 Å². The first-order valence-corrected chi connectivity index (χ1v) is 8.24. The predicted molar refractivity (Wildman–Crippen MR) is 97.4 cm³/mol. The van der Waals surface area contributed by atoms with Gasteiger partial charge in [0.1, 0.15) is 0 Å². The van der Waals surface area contributed by atoms with E-state index in [9.17, 15) is 14.9 Å². The van der Waals surface area contributed by atoms with Gasteiger partial charge in [-0.15, -0.1) is 11.3 Å². The summed E-state index contributed by atoms with van der Waals surface area (Å²) in [6, 6.07) is 13.4. The quantitative estimate of drug-likeness (QED) is 0.538. The van der Waals surface area contributed by atoms with Crippen molar-refractivity contribution in [3.05, 3.63) is 69.6 Å². The number of thiazole rings is 1. The summed E-state index contributed by atoms with van der Waals surface area (Å²) in [5, 5.41) is 16.1. The lowest BCUT2D eigenvalue weighted by Gasteiger charge is -2.07. The summed E-state index contributed by atoms with van der Waals surface area (Å²) in [7, 11) is 0. The number of para-hydroxylation sites is 1. The van der Waals surface area contributed by atoms with Crippen LogP contribution >= 0.6 is 11.3 Å². The highest BCUT2D eigenvalue weighted by molar-refractivity contribution is 7.13. The maximum absolute atomic E-state index is 12.2. The number of hydrogen-bond acceptors (Lipinski definition) is 6. The molecule has 0 fully saturated rings. The number of hydrogen-bond donors (Lipinski definition) is 2. The molecule has 0 unspecified atom stereocenters. The zero-order valence-corrected chi connectivity index (χ0v) is 13.8. The lowest BCUT2D eigenvalue weighted by Crippen LogP contribution is -2.15. The highest BCUT2D eigenvalue weighted by atomic mass is 32.1. The van der Waals surface area contributed by atoms with E-state index in [1.165, 1.54) is 17.4 Å². The van der Waals surface area contributed by atoms with Crippen LogP contribution in [0.1, 0.15) is 5.56 Å². The van der Waals surface area contributed by atoms with Crippen LogP contribution in [0.5, 0.6) is 0 Å². The summed E-state index contributed by atoms with van der Waals surface area (Å²) in [5.74, 6) is -0.329. The van der Waals surface area contributed by atoms with Gasteiger partial charge in [0.2, 0.25) is 5.91 Å². The summed E-state index contributed by atoms with van der Waals surface area (Å²) in [6.45, 7) is 0. The first-order valence-electron chi connectivity index (χ1n) is 7.36. The molecule has 0 aliphatic carbocycles. The summed E-state index contributed by atoms with van der Waals surface area (Å²) in [6.07, 6.45) is -0.0783. The first kappa shape index (κ1) is 16.6. The number of anilines is 2. The third-order valence-electron chi connectivity index (χ3n) is 3.50. The predicted octanol–water partition coefficient (Wildman–Crippen LogP) is 3.48. The van der Waals surface area contributed by atoms with Gasteiger partial charge in [0, 0.05) is 28.3 Å². The Kier molecular flexibility index (Phi) is 4.71. The highest BCUT2D eigenvalue weighted by Gasteiger charge is 2.15. The van der Waals surface area contributed by atoms with Crippen LogP contribution in [0.25, 0.3) is 11.3 Å². The number of carbonyl (C=O) groups is 1. The molecular weight excluding hydrogens is 340 g/mol. The first-order chi connectivity index (χ1) is 12.0. The minimum Gasteiger partial charge on any atom is -0.375 e. The second-order valence-electron chi connectivity index (χ2n) is 5.26. The number of aromatic nitrogens is 1. The molecule has 8 heteroatoms. The number of rotatable bonds is 5. The number of carbonyl (C=O) groups excluding carboxylic acids is 1. The van der Waals surface area contributed by atoms with E-state index in [2.05, 4.69) is 10.3 Å². The number of benzene rings is 2. The summed E-state index contributed by atoms with van der Waals surface area (Å²) in [5.41, 5.74) is 8.10. The molecule has 3 N–H and O–H groups in total. The van der Waals surface area contributed by atoms with E-state index in [1.54, 1.807) is 36.4 Å². The van der Waals surface area contributed by atoms with Gasteiger partial charge in [-0.3, -0.25) is 14.9 Å². The van der Waals surface area contributed by atoms with Gasteiger partial charge in [0.25, 0.3) is 5.69 Å². The van der Waals surface area contributed by atoms with Crippen molar-refractivity contribution in [2.45, 2.75) is 6.42 Å². The van der Waals surface area contributed by atoms with Crippen LogP contribution in [-0.4, -0.2) is 15.8 Å². The van der Waals surface area contributed by atoms with Crippen LogP contribution in [0.4, 0.5) is 16.5 Å². The van der Waals surface area contributed by atoms with Crippen molar-refractivity contribution in [2.24, 2.45) is 0 Å². The van der Waals surface area contributed by atoms with Crippen molar-refractivity contribution < 1.29 is 9.72 Å². The van der Waals surface area contributed by atoms with Crippen molar-refractivity contribution in [1.82, 2.24) is 4.98 Å². The molecule has 126 valence electrons. The number of nitro groups is 1. The summed E-state index contributed by atoms with van der Waals surface area (Å²) in [4.78, 5) is 27.0. The largest absolute Gasteiger partial charge is 0.375 e. The number of nitrogens with zero attached hydrogens (tertiary/aromatic N) is 2. The topological polar surface area (TPSA) is 111 Å². The second kappa shape index (κ2) is 7.10. The molecule has 25 heavy (non-hydrogen) atoms. The van der Waals surface area contributed by atoms with Gasteiger partial charge in [0.05, 0.1) is 17.0 Å². The molecular formula is C17H14N4O3S. The minimum atomic E-state index is -0.490. The third-order valence-corrected chi connectivity index (χ3v) is 4.18. The van der Waals surface area contributed by atoms with Gasteiger partial charge in [-0.25, -0.2) is 4.98 Å². The van der Waals surface area contributed by atoms with Gasteiger partial charge >= 0.3 is 0 Å². The highest BCUT2D eigenvalue weighted by Crippen LogP contribution is 2.25. The van der Waals surface area contributed by atoms with E-state index >= 15 is 0 Å². The molecule has 1 amide bonds. The summed E-state index contributed by atoms with van der Waals surface area (Å²) >= 11 is 1.34. The SMILES string of the molecule is Nc1nc(-c2cccc(NC(=O)Cc3ccccc3[N+](=O)[O-])c2)cs1. The Balaban J connectivity index is 1.75. The molecule has 0 atom stereocenters. The zero-order valence-electron chi connectivity index (χ0n) is 13.0. The molecule has 0 spiro atoms. The van der Waals surface area contributed by atoms with Gasteiger partial charge in [-0.1, -0.05) is 30.3 Å². The average Bonchev–Trinajstić information content (AvgIpc) is 3.02. The second-order valence-corrected chi connectivity index (χ2v) is 6.15. The Morgan fingerprint density at radius 1 is 1.24 bits per heavy atom. The van der Waals surface area contributed by atoms with Crippen molar-refractivity contribution in [3.8, 4) is 11.3 Å². The molecule has 3 aromatic rings. The van der Waals surface area contributed by atoms with E-state index in [1.807, 2.05) is 11.4 Å². The molecule has 7 nitrogen and oxygen atoms in total. The van der Waals surface area contributed by atoms with Crippen LogP contribution in [-0.2, 0) is 11.2 Å². The van der Waals surface area contributed by atoms with E-state index in [-0.39, 0.29) is 18.0 Å². The van der Waals surface area contributed by atoms with Crippen LogP contribution in [0.2, 0.25) is 0 Å². The molecule has 0 aliphatic rings. The Morgan fingerprint density at radius 3 is 2.76 bits per heavy atom. The molecule has 2 aromatic carbocycles. The van der Waals surface area contributed by atoms with Crippen LogP contribution in [0, 0.1) is 10.1 Å². The van der Waals surface area contributed by atoms with Gasteiger partial charge < -0.3 is 11.1 Å². The maximum atomic E-state index is 12.2. The standard InChI is InChI=1S/C17H14N4O3S/c18-17-20-14(10-25-17)11-5-3-6-13(8-11)19-16(22)9-12-4-1-2-7-15(12)21(23)24/h1-8,10H,9H2,(H2,18,20)(H,19,22). The molecule has 1 heterocycles. The fourth-order valence-corrected chi connectivity index (χ4v) is 2.97. The molecule has 3 rings (SSSR count). The van der Waals surface area contributed by atoms with Crippen molar-refractivity contribution in [2.75, 3.05) is 11.1 Å².